The van der Waals surface area contributed by atoms with Crippen LogP contribution in [0, 0.1) is 5.92 Å². The molecule has 1 aromatic rings. The van der Waals surface area contributed by atoms with Crippen molar-refractivity contribution >= 4 is 17.8 Å². The van der Waals surface area contributed by atoms with Gasteiger partial charge in [0.15, 0.2) is 11.5 Å². The number of benzene rings is 1. The molecular weight excluding hydrogens is 364 g/mol. The second-order valence-electron chi connectivity index (χ2n) is 7.13. The summed E-state index contributed by atoms with van der Waals surface area (Å²) in [6.45, 7) is 3.98. The third-order valence-corrected chi connectivity index (χ3v) is 4.89. The molecule has 2 rings (SSSR count). The number of carboxylic acids is 1. The number of ether oxygens (including phenoxy) is 2. The van der Waals surface area contributed by atoms with Gasteiger partial charge in [-0.2, -0.15) is 0 Å². The summed E-state index contributed by atoms with van der Waals surface area (Å²) in [6.07, 6.45) is 0.740. The Morgan fingerprint density at radius 3 is 2.50 bits per heavy atom. The maximum atomic E-state index is 12.7. The minimum Gasteiger partial charge on any atom is -0.493 e. The van der Waals surface area contributed by atoms with E-state index in [4.69, 9.17) is 14.6 Å². The fraction of sp³-hybridized carbons (Fsp3) is 0.550. The maximum absolute atomic E-state index is 12.7. The van der Waals surface area contributed by atoms with E-state index < -0.39 is 11.9 Å². The Morgan fingerprint density at radius 2 is 1.93 bits per heavy atom. The Hall–Kier alpha value is -2.77. The predicted octanol–water partition coefficient (Wildman–Crippen LogP) is 1.42. The molecule has 1 N–H and O–H groups in total. The number of amides is 2. The molecule has 1 aromatic carbocycles. The third-order valence-electron chi connectivity index (χ3n) is 4.89. The number of carbonyl (C=O) groups excluding carboxylic acids is 2. The summed E-state index contributed by atoms with van der Waals surface area (Å²) in [5, 5.41) is 9.03. The lowest BCUT2D eigenvalue weighted by Crippen LogP contribution is -2.44. The maximum Gasteiger partial charge on any atom is 0.323 e. The summed E-state index contributed by atoms with van der Waals surface area (Å²) < 4.78 is 10.5. The highest BCUT2D eigenvalue weighted by atomic mass is 16.5. The molecule has 0 aliphatic carbocycles. The van der Waals surface area contributed by atoms with Crippen molar-refractivity contribution in [2.24, 2.45) is 5.92 Å². The number of aliphatic carboxylic acids is 1. The lowest BCUT2D eigenvalue weighted by molar-refractivity contribution is -0.147. The molecule has 0 aromatic heterocycles. The van der Waals surface area contributed by atoms with Gasteiger partial charge in [0.1, 0.15) is 6.54 Å². The van der Waals surface area contributed by atoms with Gasteiger partial charge in [-0.3, -0.25) is 14.4 Å². The van der Waals surface area contributed by atoms with E-state index in [0.29, 0.717) is 31.0 Å². The van der Waals surface area contributed by atoms with Crippen LogP contribution in [-0.4, -0.2) is 72.6 Å². The molecule has 0 radical (unpaired) electrons. The minimum atomic E-state index is -1.06. The normalized spacial score (nSPS) is 16.4. The van der Waals surface area contributed by atoms with Crippen molar-refractivity contribution in [1.29, 1.82) is 0 Å². The zero-order valence-electron chi connectivity index (χ0n) is 16.8. The van der Waals surface area contributed by atoms with E-state index in [1.54, 1.807) is 33.0 Å². The van der Waals surface area contributed by atoms with Crippen LogP contribution in [-0.2, 0) is 20.8 Å². The molecule has 28 heavy (non-hydrogen) atoms. The van der Waals surface area contributed by atoms with Crippen molar-refractivity contribution in [2.45, 2.75) is 32.7 Å². The molecule has 154 valence electrons. The standard InChI is InChI=1S/C20H28N2O6/c1-13(2)22(12-19(24)25)20(26)15-10-18(23)21(11-15)8-7-14-5-6-16(27-3)17(9-14)28-4/h5-6,9,13,15H,7-8,10-12H2,1-4H3,(H,24,25). The van der Waals surface area contributed by atoms with E-state index in [-0.39, 0.29) is 30.8 Å². The van der Waals surface area contributed by atoms with Crippen LogP contribution in [0.25, 0.3) is 0 Å². The number of carbonyl (C=O) groups is 3. The number of rotatable bonds is 9. The Morgan fingerprint density at radius 1 is 1.25 bits per heavy atom. The van der Waals surface area contributed by atoms with Crippen molar-refractivity contribution in [3.05, 3.63) is 23.8 Å². The lowest BCUT2D eigenvalue weighted by atomic mass is 10.1. The van der Waals surface area contributed by atoms with Crippen molar-refractivity contribution < 1.29 is 29.0 Å². The van der Waals surface area contributed by atoms with Crippen molar-refractivity contribution in [3.8, 4) is 11.5 Å². The van der Waals surface area contributed by atoms with Crippen LogP contribution in [0.3, 0.4) is 0 Å². The first kappa shape index (κ1) is 21.5. The van der Waals surface area contributed by atoms with E-state index in [2.05, 4.69) is 0 Å². The van der Waals surface area contributed by atoms with E-state index in [1.807, 2.05) is 18.2 Å². The molecule has 2 amide bonds. The van der Waals surface area contributed by atoms with Gasteiger partial charge in [-0.25, -0.2) is 0 Å². The Kier molecular flexibility index (Phi) is 7.25. The summed E-state index contributed by atoms with van der Waals surface area (Å²) >= 11 is 0. The molecule has 1 unspecified atom stereocenters. The topological polar surface area (TPSA) is 96.4 Å². The van der Waals surface area contributed by atoms with Crippen LogP contribution in [0.2, 0.25) is 0 Å². The Balaban J connectivity index is 1.99. The lowest BCUT2D eigenvalue weighted by Gasteiger charge is -2.27. The monoisotopic (exact) mass is 392 g/mol. The van der Waals surface area contributed by atoms with E-state index in [1.165, 1.54) is 4.90 Å². The highest BCUT2D eigenvalue weighted by Gasteiger charge is 2.37. The van der Waals surface area contributed by atoms with Crippen LogP contribution >= 0.6 is 0 Å². The summed E-state index contributed by atoms with van der Waals surface area (Å²) in [6, 6.07) is 5.37. The first-order valence-electron chi connectivity index (χ1n) is 9.27. The fourth-order valence-electron chi connectivity index (χ4n) is 3.35. The van der Waals surface area contributed by atoms with Gasteiger partial charge in [0.2, 0.25) is 11.8 Å². The zero-order chi connectivity index (χ0) is 20.8. The molecule has 1 saturated heterocycles. The molecule has 1 aliphatic heterocycles. The quantitative estimate of drug-likeness (QED) is 0.683. The third kappa shape index (κ3) is 5.15. The number of methoxy groups -OCH3 is 2. The highest BCUT2D eigenvalue weighted by molar-refractivity contribution is 5.90. The summed E-state index contributed by atoms with van der Waals surface area (Å²) in [4.78, 5) is 39.0. The number of hydrogen-bond acceptors (Lipinski definition) is 5. The largest absolute Gasteiger partial charge is 0.493 e. The SMILES string of the molecule is COc1ccc(CCN2CC(C(=O)N(CC(=O)O)C(C)C)CC2=O)cc1OC. The van der Waals surface area contributed by atoms with E-state index in [9.17, 15) is 14.4 Å². The molecule has 1 atom stereocenters. The zero-order valence-corrected chi connectivity index (χ0v) is 16.8. The summed E-state index contributed by atoms with van der Waals surface area (Å²) in [5.74, 6) is -0.656. The van der Waals surface area contributed by atoms with Crippen LogP contribution in [0.1, 0.15) is 25.8 Å². The average molecular weight is 392 g/mol. The van der Waals surface area contributed by atoms with Crippen molar-refractivity contribution in [2.75, 3.05) is 33.9 Å². The average Bonchev–Trinajstić information content (AvgIpc) is 3.03. The summed E-state index contributed by atoms with van der Waals surface area (Å²) in [5.41, 5.74) is 0.995. The fourth-order valence-corrected chi connectivity index (χ4v) is 3.35. The van der Waals surface area contributed by atoms with Gasteiger partial charge in [0.25, 0.3) is 0 Å². The van der Waals surface area contributed by atoms with Crippen LogP contribution in [0.5, 0.6) is 11.5 Å². The molecule has 8 nitrogen and oxygen atoms in total. The molecule has 1 aliphatic rings. The van der Waals surface area contributed by atoms with Gasteiger partial charge >= 0.3 is 5.97 Å². The predicted molar refractivity (Wildman–Crippen MR) is 102 cm³/mol. The summed E-state index contributed by atoms with van der Waals surface area (Å²) in [7, 11) is 3.14. The van der Waals surface area contributed by atoms with E-state index >= 15 is 0 Å². The van der Waals surface area contributed by atoms with Gasteiger partial charge in [-0.15, -0.1) is 0 Å². The highest BCUT2D eigenvalue weighted by Crippen LogP contribution is 2.28. The van der Waals surface area contributed by atoms with Gasteiger partial charge in [0.05, 0.1) is 20.1 Å². The molecular formula is C20H28N2O6. The molecule has 8 heteroatoms. The second kappa shape index (κ2) is 9.43. The van der Waals surface area contributed by atoms with Gasteiger partial charge in [-0.05, 0) is 38.0 Å². The molecule has 0 saturated carbocycles. The molecule has 1 heterocycles. The van der Waals surface area contributed by atoms with Crippen molar-refractivity contribution in [1.82, 2.24) is 9.80 Å². The molecule has 0 bridgehead atoms. The number of nitrogens with zero attached hydrogens (tertiary/aromatic N) is 2. The first-order chi connectivity index (χ1) is 13.3. The van der Waals surface area contributed by atoms with Gasteiger partial charge < -0.3 is 24.4 Å². The van der Waals surface area contributed by atoms with Gasteiger partial charge in [-0.1, -0.05) is 6.07 Å². The number of carboxylic acid groups (broad SMARTS) is 1. The smallest absolute Gasteiger partial charge is 0.323 e. The van der Waals surface area contributed by atoms with Crippen LogP contribution in [0.15, 0.2) is 18.2 Å². The Bertz CT molecular complexity index is 733. The van der Waals surface area contributed by atoms with Crippen molar-refractivity contribution in [3.63, 3.8) is 0 Å². The Labute approximate surface area is 165 Å². The van der Waals surface area contributed by atoms with E-state index in [0.717, 1.165) is 5.56 Å². The minimum absolute atomic E-state index is 0.0853. The molecule has 1 fully saturated rings. The second-order valence-corrected chi connectivity index (χ2v) is 7.13. The van der Waals surface area contributed by atoms with Gasteiger partial charge in [0, 0.05) is 25.6 Å². The number of likely N-dealkylation sites (tertiary alicyclic amines) is 1. The van der Waals surface area contributed by atoms with Crippen LogP contribution < -0.4 is 9.47 Å². The number of hydrogen-bond donors (Lipinski definition) is 1. The first-order valence-corrected chi connectivity index (χ1v) is 9.27. The molecule has 0 spiro atoms. The van der Waals surface area contributed by atoms with Crippen LogP contribution in [0.4, 0.5) is 0 Å².